The molecule has 0 aliphatic carbocycles. The topological polar surface area (TPSA) is 28.2 Å². The molecule has 3 heteroatoms. The van der Waals surface area contributed by atoms with Gasteiger partial charge in [-0.1, -0.05) is 6.07 Å². The molecule has 0 aromatic carbocycles. The van der Waals surface area contributed by atoms with E-state index >= 15 is 0 Å². The van der Waals surface area contributed by atoms with E-state index in [1.54, 1.807) is 0 Å². The molecule has 0 bridgehead atoms. The van der Waals surface area contributed by atoms with Gasteiger partial charge in [0.2, 0.25) is 0 Å². The Labute approximate surface area is 91.5 Å². The fourth-order valence-corrected chi connectivity index (χ4v) is 1.97. The van der Waals surface area contributed by atoms with Crippen molar-refractivity contribution in [1.82, 2.24) is 10.3 Å². The van der Waals surface area contributed by atoms with E-state index in [1.165, 1.54) is 31.5 Å². The van der Waals surface area contributed by atoms with Crippen molar-refractivity contribution < 1.29 is 0 Å². The van der Waals surface area contributed by atoms with E-state index in [-0.39, 0.29) is 0 Å². The van der Waals surface area contributed by atoms with Crippen LogP contribution < -0.4 is 10.2 Å². The van der Waals surface area contributed by atoms with Crippen LogP contribution in [0.2, 0.25) is 0 Å². The smallest absolute Gasteiger partial charge is 0.128 e. The number of pyridine rings is 1. The van der Waals surface area contributed by atoms with Crippen LogP contribution in [-0.2, 0) is 6.42 Å². The third-order valence-electron chi connectivity index (χ3n) is 2.90. The minimum atomic E-state index is 1.02. The lowest BCUT2D eigenvalue weighted by atomic mass is 10.2. The first-order valence-corrected chi connectivity index (χ1v) is 5.74. The molecule has 0 amide bonds. The fourth-order valence-electron chi connectivity index (χ4n) is 1.97. The maximum absolute atomic E-state index is 4.51. The van der Waals surface area contributed by atoms with Crippen LogP contribution in [0.5, 0.6) is 0 Å². The van der Waals surface area contributed by atoms with Crippen molar-refractivity contribution in [3.8, 4) is 0 Å². The molecule has 1 aliphatic rings. The van der Waals surface area contributed by atoms with Crippen molar-refractivity contribution in [3.05, 3.63) is 23.9 Å². The van der Waals surface area contributed by atoms with E-state index in [1.807, 2.05) is 13.2 Å². The van der Waals surface area contributed by atoms with E-state index < -0.39 is 0 Å². The molecule has 2 heterocycles. The van der Waals surface area contributed by atoms with Gasteiger partial charge in [0.05, 0.1) is 0 Å². The number of aromatic nitrogens is 1. The highest BCUT2D eigenvalue weighted by Gasteiger charge is 2.12. The van der Waals surface area contributed by atoms with Crippen LogP contribution in [0, 0.1) is 0 Å². The molecule has 15 heavy (non-hydrogen) atoms. The Balaban J connectivity index is 1.96. The molecule has 2 rings (SSSR count). The molecule has 0 unspecified atom stereocenters. The molecular weight excluding hydrogens is 186 g/mol. The first kappa shape index (κ1) is 10.4. The first-order valence-electron chi connectivity index (χ1n) is 5.74. The quantitative estimate of drug-likeness (QED) is 0.806. The fraction of sp³-hybridized carbons (Fsp3) is 0.583. The van der Waals surface area contributed by atoms with Gasteiger partial charge in [-0.15, -0.1) is 0 Å². The molecule has 1 fully saturated rings. The van der Waals surface area contributed by atoms with Gasteiger partial charge in [0, 0.05) is 19.3 Å². The zero-order valence-corrected chi connectivity index (χ0v) is 9.37. The van der Waals surface area contributed by atoms with Crippen LogP contribution in [0.25, 0.3) is 0 Å². The van der Waals surface area contributed by atoms with Crippen LogP contribution in [0.1, 0.15) is 18.4 Å². The van der Waals surface area contributed by atoms with Gasteiger partial charge in [0.1, 0.15) is 5.82 Å². The summed E-state index contributed by atoms with van der Waals surface area (Å²) in [5.74, 6) is 1.14. The number of nitrogens with zero attached hydrogens (tertiary/aromatic N) is 2. The van der Waals surface area contributed by atoms with Crippen molar-refractivity contribution >= 4 is 5.82 Å². The highest BCUT2D eigenvalue weighted by Crippen LogP contribution is 2.17. The SMILES string of the molecule is CNCCc1ccc(N2CCCC2)nc1. The maximum Gasteiger partial charge on any atom is 0.128 e. The van der Waals surface area contributed by atoms with Gasteiger partial charge in [0.15, 0.2) is 0 Å². The summed E-state index contributed by atoms with van der Waals surface area (Å²) in [7, 11) is 1.98. The van der Waals surface area contributed by atoms with Gasteiger partial charge in [0.25, 0.3) is 0 Å². The summed E-state index contributed by atoms with van der Waals surface area (Å²) < 4.78 is 0. The second-order valence-corrected chi connectivity index (χ2v) is 4.07. The summed E-state index contributed by atoms with van der Waals surface area (Å²) in [5.41, 5.74) is 1.31. The Morgan fingerprint density at radius 3 is 2.73 bits per heavy atom. The second kappa shape index (κ2) is 5.12. The zero-order chi connectivity index (χ0) is 10.5. The molecular formula is C12H19N3. The van der Waals surface area contributed by atoms with Crippen molar-refractivity contribution in [2.75, 3.05) is 31.6 Å². The van der Waals surface area contributed by atoms with E-state index in [2.05, 4.69) is 27.3 Å². The predicted molar refractivity (Wildman–Crippen MR) is 63.3 cm³/mol. The molecule has 1 saturated heterocycles. The Kier molecular flexibility index (Phi) is 3.56. The third-order valence-corrected chi connectivity index (χ3v) is 2.90. The second-order valence-electron chi connectivity index (χ2n) is 4.07. The molecule has 82 valence electrons. The molecule has 0 spiro atoms. The van der Waals surface area contributed by atoms with Gasteiger partial charge in [-0.25, -0.2) is 4.98 Å². The standard InChI is InChI=1S/C12H19N3/c1-13-7-6-11-4-5-12(14-10-11)15-8-2-3-9-15/h4-5,10,13H,2-3,6-9H2,1H3. The normalized spacial score (nSPS) is 15.9. The lowest BCUT2D eigenvalue weighted by Gasteiger charge is -2.16. The summed E-state index contributed by atoms with van der Waals surface area (Å²) in [6.07, 6.45) is 5.68. The molecule has 0 atom stereocenters. The van der Waals surface area contributed by atoms with E-state index in [0.29, 0.717) is 0 Å². The molecule has 1 aliphatic heterocycles. The van der Waals surface area contributed by atoms with Crippen molar-refractivity contribution in [1.29, 1.82) is 0 Å². The molecule has 1 N–H and O–H groups in total. The average Bonchev–Trinajstić information content (AvgIpc) is 2.80. The molecule has 1 aromatic heterocycles. The van der Waals surface area contributed by atoms with E-state index in [4.69, 9.17) is 0 Å². The van der Waals surface area contributed by atoms with Gasteiger partial charge in [-0.05, 0) is 44.5 Å². The number of nitrogens with one attached hydrogen (secondary N) is 1. The average molecular weight is 205 g/mol. The first-order chi connectivity index (χ1) is 7.40. The monoisotopic (exact) mass is 205 g/mol. The number of hydrogen-bond donors (Lipinski definition) is 1. The maximum atomic E-state index is 4.51. The van der Waals surface area contributed by atoms with Crippen molar-refractivity contribution in [3.63, 3.8) is 0 Å². The van der Waals surface area contributed by atoms with Gasteiger partial charge in [-0.3, -0.25) is 0 Å². The Morgan fingerprint density at radius 2 is 2.13 bits per heavy atom. The summed E-state index contributed by atoms with van der Waals surface area (Å²) in [6, 6.07) is 4.34. The Hall–Kier alpha value is -1.09. The number of anilines is 1. The summed E-state index contributed by atoms with van der Waals surface area (Å²) in [5, 5.41) is 3.15. The number of rotatable bonds is 4. The molecule has 0 saturated carbocycles. The van der Waals surface area contributed by atoms with Crippen LogP contribution >= 0.6 is 0 Å². The van der Waals surface area contributed by atoms with Crippen molar-refractivity contribution in [2.24, 2.45) is 0 Å². The zero-order valence-electron chi connectivity index (χ0n) is 9.37. The summed E-state index contributed by atoms with van der Waals surface area (Å²) in [4.78, 5) is 6.87. The largest absolute Gasteiger partial charge is 0.357 e. The van der Waals surface area contributed by atoms with E-state index in [9.17, 15) is 0 Å². The Morgan fingerprint density at radius 1 is 1.33 bits per heavy atom. The van der Waals surface area contributed by atoms with Gasteiger partial charge in [-0.2, -0.15) is 0 Å². The van der Waals surface area contributed by atoms with Crippen LogP contribution in [-0.4, -0.2) is 31.7 Å². The molecule has 1 aromatic rings. The summed E-state index contributed by atoms with van der Waals surface area (Å²) >= 11 is 0. The highest BCUT2D eigenvalue weighted by molar-refractivity contribution is 5.40. The van der Waals surface area contributed by atoms with Crippen LogP contribution in [0.15, 0.2) is 18.3 Å². The highest BCUT2D eigenvalue weighted by atomic mass is 15.2. The third kappa shape index (κ3) is 2.69. The van der Waals surface area contributed by atoms with Gasteiger partial charge < -0.3 is 10.2 Å². The van der Waals surface area contributed by atoms with Crippen molar-refractivity contribution in [2.45, 2.75) is 19.3 Å². The Bertz CT molecular complexity index is 288. The number of hydrogen-bond acceptors (Lipinski definition) is 3. The van der Waals surface area contributed by atoms with E-state index in [0.717, 1.165) is 18.8 Å². The lowest BCUT2D eigenvalue weighted by Crippen LogP contribution is -2.19. The minimum Gasteiger partial charge on any atom is -0.357 e. The molecule has 3 nitrogen and oxygen atoms in total. The minimum absolute atomic E-state index is 1.02. The summed E-state index contributed by atoms with van der Waals surface area (Å²) in [6.45, 7) is 3.36. The van der Waals surface area contributed by atoms with Crippen LogP contribution in [0.3, 0.4) is 0 Å². The van der Waals surface area contributed by atoms with Crippen LogP contribution in [0.4, 0.5) is 5.82 Å². The van der Waals surface area contributed by atoms with Gasteiger partial charge >= 0.3 is 0 Å². The number of likely N-dealkylation sites (N-methyl/N-ethyl adjacent to an activating group) is 1. The lowest BCUT2D eigenvalue weighted by molar-refractivity contribution is 0.788. The molecule has 0 radical (unpaired) electrons. The predicted octanol–water partition coefficient (Wildman–Crippen LogP) is 1.44.